The Bertz CT molecular complexity index is 1630. The molecule has 156 valence electrons. The van der Waals surface area contributed by atoms with Crippen LogP contribution in [0.25, 0.3) is 21.5 Å². The van der Waals surface area contributed by atoms with E-state index in [1.54, 1.807) is 12.1 Å². The van der Waals surface area contributed by atoms with Crippen molar-refractivity contribution in [3.05, 3.63) is 128 Å². The summed E-state index contributed by atoms with van der Waals surface area (Å²) >= 11 is 20.2. The highest BCUT2D eigenvalue weighted by molar-refractivity contribution is 6.43. The van der Waals surface area contributed by atoms with Crippen LogP contribution in [0.15, 0.2) is 91.0 Å². The highest BCUT2D eigenvalue weighted by atomic mass is 35.5. The molecule has 5 rings (SSSR count). The monoisotopic (exact) mass is 480 g/mol. The molecule has 0 unspecified atom stereocenters. The molecule has 0 aliphatic heterocycles. The molecule has 0 fully saturated rings. The van der Waals surface area contributed by atoms with Crippen molar-refractivity contribution >= 4 is 56.3 Å². The third-order valence-electron chi connectivity index (χ3n) is 5.35. The molecule has 0 aliphatic rings. The molecule has 0 nitrogen and oxygen atoms in total. The van der Waals surface area contributed by atoms with E-state index in [-0.39, 0.29) is 0 Å². The lowest BCUT2D eigenvalue weighted by Crippen LogP contribution is -1.93. The Labute approximate surface area is 207 Å². The second-order valence-corrected chi connectivity index (χ2v) is 8.65. The molecule has 0 heterocycles. The van der Waals surface area contributed by atoms with Gasteiger partial charge in [-0.2, -0.15) is 0 Å². The first-order valence-corrected chi connectivity index (χ1v) is 11.4. The second kappa shape index (κ2) is 9.23. The van der Waals surface area contributed by atoms with Gasteiger partial charge >= 0.3 is 0 Å². The van der Waals surface area contributed by atoms with Crippen LogP contribution in [0, 0.1) is 23.7 Å². The minimum absolute atomic E-state index is 0.552. The number of halogens is 3. The molecular weight excluding hydrogens is 467 g/mol. The lowest BCUT2D eigenvalue weighted by molar-refractivity contribution is 1.64. The van der Waals surface area contributed by atoms with Crippen LogP contribution < -0.4 is 0 Å². The van der Waals surface area contributed by atoms with Gasteiger partial charge < -0.3 is 0 Å². The fourth-order valence-corrected chi connectivity index (χ4v) is 4.63. The first-order chi connectivity index (χ1) is 16.1. The average molecular weight is 482 g/mol. The molecule has 0 N–H and O–H groups in total. The van der Waals surface area contributed by atoms with Crippen LogP contribution in [0.2, 0.25) is 15.1 Å². The first-order valence-electron chi connectivity index (χ1n) is 10.3. The largest absolute Gasteiger partial charge is 0.0836 e. The third kappa shape index (κ3) is 4.18. The Hall–Kier alpha value is -3.39. The van der Waals surface area contributed by atoms with E-state index in [1.165, 1.54) is 0 Å². The van der Waals surface area contributed by atoms with Gasteiger partial charge in [0.1, 0.15) is 0 Å². The maximum absolute atomic E-state index is 6.74. The second-order valence-electron chi connectivity index (χ2n) is 7.42. The molecule has 0 aliphatic carbocycles. The van der Waals surface area contributed by atoms with E-state index in [1.807, 2.05) is 78.9 Å². The zero-order valence-corrected chi connectivity index (χ0v) is 19.6. The van der Waals surface area contributed by atoms with Crippen LogP contribution in [-0.4, -0.2) is 0 Å². The quantitative estimate of drug-likeness (QED) is 0.153. The van der Waals surface area contributed by atoms with Gasteiger partial charge in [-0.3, -0.25) is 0 Å². The number of hydrogen-bond acceptors (Lipinski definition) is 0. The summed E-state index contributed by atoms with van der Waals surface area (Å²) in [6.07, 6.45) is 0. The van der Waals surface area contributed by atoms with E-state index in [2.05, 4.69) is 23.7 Å². The Morgan fingerprint density at radius 2 is 0.879 bits per heavy atom. The van der Waals surface area contributed by atoms with Crippen molar-refractivity contribution in [2.75, 3.05) is 0 Å². The Morgan fingerprint density at radius 3 is 1.45 bits per heavy atom. The van der Waals surface area contributed by atoms with Crippen molar-refractivity contribution in [3.8, 4) is 23.7 Å². The van der Waals surface area contributed by atoms with Gasteiger partial charge in [0.05, 0.1) is 0 Å². The molecule has 0 spiro atoms. The fraction of sp³-hybridized carbons (Fsp3) is 0. The number of benzene rings is 5. The van der Waals surface area contributed by atoms with E-state index in [4.69, 9.17) is 34.8 Å². The number of fused-ring (bicyclic) bond motifs is 2. The summed E-state index contributed by atoms with van der Waals surface area (Å²) in [4.78, 5) is 0. The van der Waals surface area contributed by atoms with Crippen molar-refractivity contribution in [1.82, 2.24) is 0 Å². The van der Waals surface area contributed by atoms with Crippen LogP contribution in [0.1, 0.15) is 22.3 Å². The highest BCUT2D eigenvalue weighted by Crippen LogP contribution is 2.42. The molecule has 0 saturated carbocycles. The highest BCUT2D eigenvalue weighted by Gasteiger charge is 2.18. The van der Waals surface area contributed by atoms with Crippen molar-refractivity contribution < 1.29 is 0 Å². The average Bonchev–Trinajstić information content (AvgIpc) is 2.85. The molecule has 0 atom stereocenters. The maximum Gasteiger partial charge on any atom is 0.0498 e. The molecular formula is C30H15Cl3. The molecule has 0 saturated heterocycles. The normalized spacial score (nSPS) is 10.4. The summed E-state index contributed by atoms with van der Waals surface area (Å²) in [6.45, 7) is 0. The minimum Gasteiger partial charge on any atom is -0.0836 e. The standard InChI is InChI=1S/C30H15Cl3/c31-25-13-7-12-22-23(16-14-20-8-3-1-4-9-20)29-26(32)18-19-27(33)30(29)24(28(22)25)17-15-21-10-5-2-6-11-21/h1-13,18-19H. The third-order valence-corrected chi connectivity index (χ3v) is 6.29. The van der Waals surface area contributed by atoms with Gasteiger partial charge in [0.15, 0.2) is 0 Å². The van der Waals surface area contributed by atoms with E-state index in [0.29, 0.717) is 15.1 Å². The molecule has 3 heteroatoms. The summed E-state index contributed by atoms with van der Waals surface area (Å²) in [5.74, 6) is 13.2. The predicted octanol–water partition coefficient (Wildman–Crippen LogP) is 8.75. The van der Waals surface area contributed by atoms with Gasteiger partial charge in [-0.25, -0.2) is 0 Å². The lowest BCUT2D eigenvalue weighted by atomic mass is 9.91. The molecule has 0 aromatic heterocycles. The Kier molecular flexibility index (Phi) is 6.00. The van der Waals surface area contributed by atoms with Gasteiger partial charge in [-0.15, -0.1) is 0 Å². The summed E-state index contributed by atoms with van der Waals surface area (Å²) < 4.78 is 0. The number of rotatable bonds is 0. The predicted molar refractivity (Wildman–Crippen MR) is 141 cm³/mol. The van der Waals surface area contributed by atoms with Crippen LogP contribution in [0.3, 0.4) is 0 Å². The van der Waals surface area contributed by atoms with Crippen LogP contribution >= 0.6 is 34.8 Å². The van der Waals surface area contributed by atoms with E-state index in [0.717, 1.165) is 43.8 Å². The zero-order valence-electron chi connectivity index (χ0n) is 17.3. The summed E-state index contributed by atoms with van der Waals surface area (Å²) in [7, 11) is 0. The van der Waals surface area contributed by atoms with Gasteiger partial charge in [0, 0.05) is 58.9 Å². The SMILES string of the molecule is Clc1cccc2c(C#Cc3ccccc3)c3c(Cl)ccc(Cl)c3c(C#Cc3ccccc3)c12. The van der Waals surface area contributed by atoms with Crippen LogP contribution in [0.4, 0.5) is 0 Å². The van der Waals surface area contributed by atoms with E-state index >= 15 is 0 Å². The summed E-state index contributed by atoms with van der Waals surface area (Å²) in [5.41, 5.74) is 3.33. The van der Waals surface area contributed by atoms with Gasteiger partial charge in [0.2, 0.25) is 0 Å². The van der Waals surface area contributed by atoms with Crippen LogP contribution in [-0.2, 0) is 0 Å². The molecule has 5 aromatic rings. The topological polar surface area (TPSA) is 0 Å². The van der Waals surface area contributed by atoms with Crippen molar-refractivity contribution in [3.63, 3.8) is 0 Å². The minimum atomic E-state index is 0.552. The van der Waals surface area contributed by atoms with Gasteiger partial charge in [-0.1, -0.05) is 107 Å². The van der Waals surface area contributed by atoms with Crippen molar-refractivity contribution in [2.45, 2.75) is 0 Å². The summed E-state index contributed by atoms with van der Waals surface area (Å²) in [5, 5.41) is 4.94. The molecule has 0 amide bonds. The van der Waals surface area contributed by atoms with Crippen LogP contribution in [0.5, 0.6) is 0 Å². The fourth-order valence-electron chi connectivity index (χ4n) is 3.85. The van der Waals surface area contributed by atoms with Gasteiger partial charge in [-0.05, 0) is 42.5 Å². The first kappa shape index (κ1) is 21.5. The van der Waals surface area contributed by atoms with Crippen molar-refractivity contribution in [1.29, 1.82) is 0 Å². The summed E-state index contributed by atoms with van der Waals surface area (Å²) in [6, 6.07) is 29.0. The lowest BCUT2D eigenvalue weighted by Gasteiger charge is -2.14. The van der Waals surface area contributed by atoms with Gasteiger partial charge in [0.25, 0.3) is 0 Å². The molecule has 0 bridgehead atoms. The number of hydrogen-bond donors (Lipinski definition) is 0. The molecule has 33 heavy (non-hydrogen) atoms. The Morgan fingerprint density at radius 1 is 0.394 bits per heavy atom. The molecule has 5 aromatic carbocycles. The Balaban J connectivity index is 1.92. The van der Waals surface area contributed by atoms with Crippen molar-refractivity contribution in [2.24, 2.45) is 0 Å². The molecule has 0 radical (unpaired) electrons. The zero-order chi connectivity index (χ0) is 22.8. The maximum atomic E-state index is 6.74. The smallest absolute Gasteiger partial charge is 0.0498 e. The van der Waals surface area contributed by atoms with E-state index < -0.39 is 0 Å². The van der Waals surface area contributed by atoms with E-state index in [9.17, 15) is 0 Å².